The summed E-state index contributed by atoms with van der Waals surface area (Å²) in [5.74, 6) is -7.95. The first-order valence-electron chi connectivity index (χ1n) is 33.5. The number of aryl methyl sites for hydroxylation is 3. The summed E-state index contributed by atoms with van der Waals surface area (Å²) in [7, 11) is -3.01. The number of fused-ring (bicyclic) bond motifs is 3. The average molecular weight is 1580 g/mol. The standard InChI is InChI=1S/2C26H21F3N6O3S.C25H20FN5O.3CH4/c1-34-13-19(12-33-34)16-2-3-18(21(28)8-16)14-35-15-24(25-22(29)9-20(27)10-23(25)35)39(37,38)7-6-30-26(36)17-4-5-31-32-11-17;1-34-13-18(12-32-34)16-4-5-17(20(28)9-16)14-35-15-24(25-21(29)10-19(27)11-23(25)35)39(37,38)8-7-30-26(36)22-3-2-6-31-33-22;1-30-14-19(12-28-30)17-8-9-18(23(26)11-17)15-31-16-22(21-6-2-3-7-24(21)31)25(32)29-20-5-4-10-27-13-20;;;/h2-5,8-13,15H,6-7,14H2,1H3,(H,30,36);2-6,9-13,15H,7-8,14H2,1H3,(H,30,36);2-14,16H,15H2,1H3,(H,29,32);3*1H4. The first kappa shape index (κ1) is 82.2. The third-order valence-corrected chi connectivity index (χ3v) is 21.1. The minimum absolute atomic E-state index is 0. The fraction of sp³-hybridized carbons (Fsp3) is 0.163. The molecule has 3 N–H and O–H groups in total. The molecule has 0 aliphatic rings. The van der Waals surface area contributed by atoms with Crippen LogP contribution in [0.25, 0.3) is 66.1 Å². The Balaban J connectivity index is 0.000000178. The van der Waals surface area contributed by atoms with E-state index in [1.54, 1.807) is 108 Å². The third-order valence-electron chi connectivity index (χ3n) is 17.6. The second kappa shape index (κ2) is 35.2. The molecule has 0 aliphatic heterocycles. The van der Waals surface area contributed by atoms with Crippen LogP contribution in [-0.4, -0.2) is 128 Å². The highest BCUT2D eigenvalue weighted by atomic mass is 32.2. The number of hydrogen-bond acceptors (Lipinski definition) is 15. The highest BCUT2D eigenvalue weighted by molar-refractivity contribution is 7.92. The Bertz CT molecular complexity index is 5950. The molecule has 9 aromatic heterocycles. The Kier molecular flexibility index (Phi) is 25.6. The summed E-state index contributed by atoms with van der Waals surface area (Å²) in [4.78, 5) is 40.6. The summed E-state index contributed by atoms with van der Waals surface area (Å²) in [5, 5.41) is 34.6. The Morgan fingerprint density at radius 3 is 1.31 bits per heavy atom. The smallest absolute Gasteiger partial charge is 0.271 e. The zero-order valence-corrected chi connectivity index (χ0v) is 59.9. The van der Waals surface area contributed by atoms with Crippen LogP contribution in [0.2, 0.25) is 0 Å². The number of carbonyl (C=O) groups is 3. The van der Waals surface area contributed by atoms with E-state index < -0.39 is 82.8 Å². The maximum Gasteiger partial charge on any atom is 0.271 e. The number of sulfone groups is 2. The molecule has 0 bridgehead atoms. The number of benzene rings is 6. The van der Waals surface area contributed by atoms with Crippen molar-refractivity contribution in [3.05, 3.63) is 294 Å². The lowest BCUT2D eigenvalue weighted by atomic mass is 10.1. The highest BCUT2D eigenvalue weighted by Crippen LogP contribution is 2.35. The van der Waals surface area contributed by atoms with Gasteiger partial charge in [0.2, 0.25) is 0 Å². The Morgan fingerprint density at radius 2 is 0.885 bits per heavy atom. The van der Waals surface area contributed by atoms with E-state index in [0.29, 0.717) is 57.7 Å². The van der Waals surface area contributed by atoms with Crippen molar-refractivity contribution in [1.29, 1.82) is 0 Å². The van der Waals surface area contributed by atoms with Gasteiger partial charge < -0.3 is 29.7 Å². The summed E-state index contributed by atoms with van der Waals surface area (Å²) >= 11 is 0. The lowest BCUT2D eigenvalue weighted by molar-refractivity contribution is 0.0944. The maximum absolute atomic E-state index is 15.1. The molecular formula is C80H74F7N17O7S2. The number of carbonyl (C=O) groups excluding carboxylic acids is 3. The number of hydrogen-bond donors (Lipinski definition) is 3. The van der Waals surface area contributed by atoms with Crippen molar-refractivity contribution in [2.75, 3.05) is 29.9 Å². The summed E-state index contributed by atoms with van der Waals surface area (Å²) in [6.45, 7) is -0.627. The average Bonchev–Trinajstić information content (AvgIpc) is 1.62. The number of amides is 3. The summed E-state index contributed by atoms with van der Waals surface area (Å²) < 4.78 is 165. The molecule has 0 unspecified atom stereocenters. The van der Waals surface area contributed by atoms with Gasteiger partial charge in [0.1, 0.15) is 40.7 Å². The first-order chi connectivity index (χ1) is 52.8. The summed E-state index contributed by atoms with van der Waals surface area (Å²) in [5.41, 5.74) is 7.23. The number of halogens is 7. The molecule has 582 valence electrons. The first-order valence-corrected chi connectivity index (χ1v) is 36.8. The summed E-state index contributed by atoms with van der Waals surface area (Å²) in [6.07, 6.45) is 21.4. The van der Waals surface area contributed by atoms with Gasteiger partial charge in [0.05, 0.1) is 117 Å². The van der Waals surface area contributed by atoms with Crippen LogP contribution in [0.4, 0.5) is 36.4 Å². The molecule has 0 fully saturated rings. The van der Waals surface area contributed by atoms with Gasteiger partial charge in [-0.15, -0.1) is 5.10 Å². The number of pyridine rings is 1. The predicted octanol–water partition coefficient (Wildman–Crippen LogP) is 13.8. The number of rotatable bonds is 21. The zero-order valence-electron chi connectivity index (χ0n) is 58.3. The van der Waals surface area contributed by atoms with Gasteiger partial charge in [-0.05, 0) is 83.4 Å². The van der Waals surface area contributed by atoms with E-state index in [9.17, 15) is 53.2 Å². The van der Waals surface area contributed by atoms with Crippen LogP contribution in [0.5, 0.6) is 0 Å². The number of para-hydroxylation sites is 1. The minimum Gasteiger partial charge on any atom is -0.351 e. The van der Waals surface area contributed by atoms with Gasteiger partial charge in [0.15, 0.2) is 25.4 Å². The van der Waals surface area contributed by atoms with Gasteiger partial charge in [-0.25, -0.2) is 47.6 Å². The van der Waals surface area contributed by atoms with Crippen LogP contribution >= 0.6 is 0 Å². The lowest BCUT2D eigenvalue weighted by Crippen LogP contribution is -2.29. The minimum atomic E-state index is -4.16. The van der Waals surface area contributed by atoms with Crippen LogP contribution in [0, 0.1) is 40.7 Å². The van der Waals surface area contributed by atoms with Crippen molar-refractivity contribution in [1.82, 2.24) is 79.1 Å². The van der Waals surface area contributed by atoms with Crippen LogP contribution < -0.4 is 16.0 Å². The van der Waals surface area contributed by atoms with Gasteiger partial charge in [-0.2, -0.15) is 30.6 Å². The van der Waals surface area contributed by atoms with Crippen LogP contribution in [-0.2, 0) is 60.5 Å². The van der Waals surface area contributed by atoms with Gasteiger partial charge in [-0.3, -0.25) is 33.4 Å². The molecule has 6 aromatic carbocycles. The molecular weight excluding hydrogens is 1510 g/mol. The van der Waals surface area contributed by atoms with Crippen molar-refractivity contribution in [3.63, 3.8) is 0 Å². The second-order valence-corrected chi connectivity index (χ2v) is 29.4. The quantitative estimate of drug-likeness (QED) is 0.0564. The fourth-order valence-electron chi connectivity index (χ4n) is 12.2. The molecule has 0 spiro atoms. The normalized spacial score (nSPS) is 11.2. The van der Waals surface area contributed by atoms with Gasteiger partial charge in [-0.1, -0.05) is 76.9 Å². The van der Waals surface area contributed by atoms with Gasteiger partial charge in [0, 0.05) is 140 Å². The maximum atomic E-state index is 15.1. The molecule has 0 atom stereocenters. The van der Waals surface area contributed by atoms with Crippen LogP contribution in [0.3, 0.4) is 0 Å². The largest absolute Gasteiger partial charge is 0.351 e. The molecule has 15 rings (SSSR count). The molecule has 0 aliphatic carbocycles. The monoisotopic (exact) mass is 1580 g/mol. The number of nitrogens with zero attached hydrogens (tertiary/aromatic N) is 14. The Labute approximate surface area is 644 Å². The van der Waals surface area contributed by atoms with E-state index in [2.05, 4.69) is 56.6 Å². The highest BCUT2D eigenvalue weighted by Gasteiger charge is 2.28. The lowest BCUT2D eigenvalue weighted by Gasteiger charge is -2.08. The Hall–Kier alpha value is -13.3. The second-order valence-electron chi connectivity index (χ2n) is 25.2. The van der Waals surface area contributed by atoms with Crippen LogP contribution in [0.15, 0.2) is 230 Å². The molecule has 113 heavy (non-hydrogen) atoms. The Morgan fingerprint density at radius 1 is 0.416 bits per heavy atom. The van der Waals surface area contributed by atoms with Crippen molar-refractivity contribution >= 4 is 75.8 Å². The topological polar surface area (TPSA) is 288 Å². The molecule has 9 heterocycles. The molecule has 24 nitrogen and oxygen atoms in total. The third kappa shape index (κ3) is 18.8. The zero-order chi connectivity index (χ0) is 77.5. The van der Waals surface area contributed by atoms with E-state index in [-0.39, 0.29) is 109 Å². The van der Waals surface area contributed by atoms with E-state index in [4.69, 9.17) is 0 Å². The van der Waals surface area contributed by atoms with Gasteiger partial charge in [0.25, 0.3) is 17.7 Å². The molecule has 15 aromatic rings. The summed E-state index contributed by atoms with van der Waals surface area (Å²) in [6, 6.07) is 32.9. The number of nitrogens with one attached hydrogen (secondary N) is 3. The van der Waals surface area contributed by atoms with Crippen molar-refractivity contribution in [2.45, 2.75) is 51.7 Å². The van der Waals surface area contributed by atoms with E-state index >= 15 is 8.78 Å². The van der Waals surface area contributed by atoms with Gasteiger partial charge >= 0.3 is 0 Å². The molecule has 33 heteroatoms. The molecule has 0 saturated heterocycles. The predicted molar refractivity (Wildman–Crippen MR) is 414 cm³/mol. The molecule has 0 radical (unpaired) electrons. The SMILES string of the molecule is C.C.C.Cn1cc(-c2ccc(Cn3cc(C(=O)Nc4cccnc4)c4ccccc43)c(F)c2)cn1.Cn1cc(-c2ccc(Cn3cc(S(=O)(=O)CCNC(=O)c4cccnn4)c4c(F)cc(F)cc43)c(F)c2)cn1.Cn1cc(-c2ccc(Cn3cc(S(=O)(=O)CCNC(=O)c4ccnnc4)c4c(F)cc(F)cc43)c(F)c2)cn1. The van der Waals surface area contributed by atoms with Crippen LogP contribution in [0.1, 0.15) is 70.2 Å². The van der Waals surface area contributed by atoms with Crippen molar-refractivity contribution in [3.8, 4) is 33.4 Å². The van der Waals surface area contributed by atoms with E-state index in [1.165, 1.54) is 76.3 Å². The number of anilines is 1. The van der Waals surface area contributed by atoms with Crippen molar-refractivity contribution < 1.29 is 62.0 Å². The van der Waals surface area contributed by atoms with Crippen molar-refractivity contribution in [2.24, 2.45) is 21.1 Å². The molecule has 0 saturated carbocycles. The molecule has 3 amide bonds. The van der Waals surface area contributed by atoms with E-state index in [1.807, 2.05) is 48.1 Å². The van der Waals surface area contributed by atoms with E-state index in [0.717, 1.165) is 46.6 Å². The fourth-order valence-corrected chi connectivity index (χ4v) is 15.0. The number of aromatic nitrogens is 14.